The lowest BCUT2D eigenvalue weighted by Gasteiger charge is -2.17. The topological polar surface area (TPSA) is 116 Å². The Labute approximate surface area is 226 Å². The van der Waals surface area contributed by atoms with Gasteiger partial charge < -0.3 is 9.47 Å². The maximum Gasteiger partial charge on any atom is 0.156 e. The first kappa shape index (κ1) is 31.6. The molecule has 8 nitrogen and oxygen atoms in total. The zero-order valence-corrected chi connectivity index (χ0v) is 23.4. The summed E-state index contributed by atoms with van der Waals surface area (Å²) in [7, 11) is 0. The molecular weight excluding hydrogens is 492 g/mol. The molecule has 0 spiro atoms. The largest absolute Gasteiger partial charge is 0.487 e. The molecule has 1 aromatic carbocycles. The van der Waals surface area contributed by atoms with Crippen LogP contribution in [0.1, 0.15) is 87.5 Å². The summed E-state index contributed by atoms with van der Waals surface area (Å²) >= 11 is 9.92. The Morgan fingerprint density at radius 1 is 0.639 bits per heavy atom. The fourth-order valence-corrected chi connectivity index (χ4v) is 4.29. The van der Waals surface area contributed by atoms with Crippen LogP contribution in [-0.2, 0) is 35.2 Å². The molecule has 10 heteroatoms. The molecule has 1 aromatic rings. The predicted molar refractivity (Wildman–Crippen MR) is 155 cm³/mol. The molecule has 36 heavy (non-hydrogen) atoms. The predicted octanol–water partition coefficient (Wildman–Crippen LogP) is 8.33. The molecule has 0 amide bonds. The lowest BCUT2D eigenvalue weighted by Crippen LogP contribution is -2.05. The van der Waals surface area contributed by atoms with Gasteiger partial charge in [0.1, 0.15) is 0 Å². The normalized spacial score (nSPS) is 10.3. The summed E-state index contributed by atoms with van der Waals surface area (Å²) in [4.78, 5) is 5.79. The van der Waals surface area contributed by atoms with Gasteiger partial charge in [0.05, 0.1) is 13.2 Å². The van der Waals surface area contributed by atoms with E-state index in [0.717, 1.165) is 64.2 Å². The molecule has 0 unspecified atom stereocenters. The number of rotatable bonds is 20. The lowest BCUT2D eigenvalue weighted by atomic mass is 9.89. The van der Waals surface area contributed by atoms with E-state index >= 15 is 0 Å². The van der Waals surface area contributed by atoms with Crippen LogP contribution < -0.4 is 0 Å². The Morgan fingerprint density at radius 3 is 1.36 bits per heavy atom. The summed E-state index contributed by atoms with van der Waals surface area (Å²) in [6.07, 6.45) is 12.2. The Balaban J connectivity index is 2.83. The number of hydrogen-bond acceptors (Lipinski definition) is 6. The average Bonchev–Trinajstić information content (AvgIpc) is 2.84. The van der Waals surface area contributed by atoms with Gasteiger partial charge in [0.2, 0.25) is 0 Å². The molecule has 0 N–H and O–H groups in total. The Morgan fingerprint density at radius 2 is 1.00 bits per heavy atom. The minimum absolute atomic E-state index is 0.423. The van der Waals surface area contributed by atoms with Crippen LogP contribution in [-0.4, -0.2) is 36.4 Å². The molecule has 198 valence electrons. The van der Waals surface area contributed by atoms with Crippen LogP contribution in [0.25, 0.3) is 20.9 Å². The molecule has 0 saturated carbocycles. The first-order valence-electron chi connectivity index (χ1n) is 12.9. The second-order valence-corrected chi connectivity index (χ2v) is 9.96. The van der Waals surface area contributed by atoms with Gasteiger partial charge in [-0.25, -0.2) is 0 Å². The maximum absolute atomic E-state index is 8.70. The highest BCUT2D eigenvalue weighted by atomic mass is 32.1. The SMILES string of the molecule is CC(=S)OCCCCCCc1cc(CCN=[N+]=[N-])c(CCN=[N+]=[N-])cc1CCCCCCOC(C)=S. The third kappa shape index (κ3) is 15.6. The van der Waals surface area contributed by atoms with Crippen LogP contribution in [0.3, 0.4) is 0 Å². The first-order valence-corrected chi connectivity index (χ1v) is 13.7. The molecule has 0 aromatic heterocycles. The quantitative estimate of drug-likeness (QED) is 0.0551. The van der Waals surface area contributed by atoms with Gasteiger partial charge in [-0.05, 0) is 109 Å². The van der Waals surface area contributed by atoms with E-state index in [0.29, 0.717) is 49.2 Å². The van der Waals surface area contributed by atoms with E-state index in [1.165, 1.54) is 22.3 Å². The third-order valence-electron chi connectivity index (χ3n) is 5.90. The number of benzene rings is 1. The van der Waals surface area contributed by atoms with E-state index in [9.17, 15) is 0 Å². The van der Waals surface area contributed by atoms with Crippen molar-refractivity contribution in [1.29, 1.82) is 0 Å². The molecule has 0 heterocycles. The van der Waals surface area contributed by atoms with Gasteiger partial charge in [-0.3, -0.25) is 0 Å². The number of unbranched alkanes of at least 4 members (excludes halogenated alkanes) is 6. The standard InChI is InChI=1S/C26H40N6O2S2/c1-21(35)33-17-9-5-3-7-11-23-19-25(13-15-29-31-27)26(14-16-30-32-28)20-24(23)12-8-4-6-10-18-34-22(2)36/h19-20H,3-18H2,1-2H3. The van der Waals surface area contributed by atoms with Crippen molar-refractivity contribution in [1.82, 2.24) is 0 Å². The molecule has 0 radical (unpaired) electrons. The molecule has 0 bridgehead atoms. The Bertz CT molecular complexity index is 839. The van der Waals surface area contributed by atoms with Crippen LogP contribution in [0.4, 0.5) is 0 Å². The maximum atomic E-state index is 8.70. The van der Waals surface area contributed by atoms with Crippen molar-refractivity contribution in [2.45, 2.75) is 90.9 Å². The van der Waals surface area contributed by atoms with E-state index in [2.05, 4.69) is 32.2 Å². The van der Waals surface area contributed by atoms with Gasteiger partial charge in [-0.1, -0.05) is 48.0 Å². The second-order valence-electron chi connectivity index (χ2n) is 8.81. The lowest BCUT2D eigenvalue weighted by molar-refractivity contribution is 0.297. The van der Waals surface area contributed by atoms with Gasteiger partial charge in [-0.15, -0.1) is 0 Å². The number of aryl methyl sites for hydroxylation is 2. The molecule has 0 aliphatic rings. The molecule has 0 fully saturated rings. The van der Waals surface area contributed by atoms with Crippen molar-refractivity contribution < 1.29 is 9.47 Å². The van der Waals surface area contributed by atoms with Crippen molar-refractivity contribution in [3.8, 4) is 0 Å². The van der Waals surface area contributed by atoms with E-state index in [-0.39, 0.29) is 0 Å². The van der Waals surface area contributed by atoms with Gasteiger partial charge in [0.25, 0.3) is 0 Å². The fraction of sp³-hybridized carbons (Fsp3) is 0.692. The summed E-state index contributed by atoms with van der Waals surface area (Å²) in [5.74, 6) is 0. The highest BCUT2D eigenvalue weighted by Crippen LogP contribution is 2.23. The minimum Gasteiger partial charge on any atom is -0.487 e. The number of ether oxygens (including phenoxy) is 2. The highest BCUT2D eigenvalue weighted by molar-refractivity contribution is 7.80. The van der Waals surface area contributed by atoms with Crippen molar-refractivity contribution in [3.63, 3.8) is 0 Å². The summed E-state index contributed by atoms with van der Waals surface area (Å²) in [5.41, 5.74) is 22.5. The van der Waals surface area contributed by atoms with Crippen molar-refractivity contribution in [2.75, 3.05) is 26.3 Å². The monoisotopic (exact) mass is 532 g/mol. The van der Waals surface area contributed by atoms with E-state index in [1.54, 1.807) is 13.8 Å². The smallest absolute Gasteiger partial charge is 0.156 e. The van der Waals surface area contributed by atoms with Crippen molar-refractivity contribution in [2.24, 2.45) is 10.2 Å². The summed E-state index contributed by atoms with van der Waals surface area (Å²) in [5, 5.41) is 8.67. The molecule has 0 saturated heterocycles. The van der Waals surface area contributed by atoms with Gasteiger partial charge in [0, 0.05) is 36.8 Å². The van der Waals surface area contributed by atoms with Gasteiger partial charge in [0.15, 0.2) is 10.1 Å². The summed E-state index contributed by atoms with van der Waals surface area (Å²) in [6, 6.07) is 4.59. The molecule has 0 aliphatic carbocycles. The highest BCUT2D eigenvalue weighted by Gasteiger charge is 2.11. The van der Waals surface area contributed by atoms with Crippen molar-refractivity contribution >= 4 is 34.5 Å². The van der Waals surface area contributed by atoms with Crippen LogP contribution in [0.15, 0.2) is 22.4 Å². The van der Waals surface area contributed by atoms with Crippen LogP contribution in [0.5, 0.6) is 0 Å². The summed E-state index contributed by atoms with van der Waals surface area (Å²) < 4.78 is 10.8. The minimum atomic E-state index is 0.423. The number of azide groups is 2. The average molecular weight is 533 g/mol. The van der Waals surface area contributed by atoms with Gasteiger partial charge >= 0.3 is 0 Å². The molecular formula is C26H40N6O2S2. The van der Waals surface area contributed by atoms with E-state index in [1.807, 2.05) is 0 Å². The zero-order valence-electron chi connectivity index (χ0n) is 21.8. The Kier molecular flexibility index (Phi) is 18.3. The summed E-state index contributed by atoms with van der Waals surface area (Å²) in [6.45, 7) is 5.85. The fourth-order valence-electron chi connectivity index (χ4n) is 4.13. The molecule has 0 atom stereocenters. The van der Waals surface area contributed by atoms with Crippen molar-refractivity contribution in [3.05, 3.63) is 55.3 Å². The number of nitrogens with zero attached hydrogens (tertiary/aromatic N) is 6. The molecule has 0 aliphatic heterocycles. The Hall–Kier alpha value is -2.38. The van der Waals surface area contributed by atoms with Crippen LogP contribution in [0, 0.1) is 0 Å². The van der Waals surface area contributed by atoms with E-state index < -0.39 is 0 Å². The van der Waals surface area contributed by atoms with Crippen LogP contribution >= 0.6 is 24.4 Å². The second kappa shape index (κ2) is 20.8. The zero-order chi connectivity index (χ0) is 26.4. The van der Waals surface area contributed by atoms with Gasteiger partial charge in [-0.2, -0.15) is 0 Å². The molecule has 1 rings (SSSR count). The third-order valence-corrected chi connectivity index (χ3v) is 6.14. The van der Waals surface area contributed by atoms with Crippen LogP contribution in [0.2, 0.25) is 0 Å². The number of hydrogen-bond donors (Lipinski definition) is 0. The first-order chi connectivity index (χ1) is 17.5. The van der Waals surface area contributed by atoms with E-state index in [4.69, 9.17) is 45.0 Å². The number of thiocarbonyl (C=S) groups is 2.